The van der Waals surface area contributed by atoms with Gasteiger partial charge in [0.05, 0.1) is 29.7 Å². The zero-order chi connectivity index (χ0) is 24.0. The van der Waals surface area contributed by atoms with Gasteiger partial charge in [0, 0.05) is 25.8 Å². The third-order valence-electron chi connectivity index (χ3n) is 5.90. The first-order chi connectivity index (χ1) is 16.2. The minimum Gasteiger partial charge on any atom is -0.373 e. The predicted octanol–water partition coefficient (Wildman–Crippen LogP) is 3.12. The predicted molar refractivity (Wildman–Crippen MR) is 118 cm³/mol. The number of hydrogen-bond donors (Lipinski definition) is 0. The van der Waals surface area contributed by atoms with Gasteiger partial charge in [0.15, 0.2) is 5.65 Å². The second-order valence-corrected chi connectivity index (χ2v) is 8.72. The lowest BCUT2D eigenvalue weighted by Gasteiger charge is -2.35. The molecule has 1 aliphatic heterocycles. The van der Waals surface area contributed by atoms with Crippen LogP contribution < -0.4 is 5.69 Å². The molecule has 0 bridgehead atoms. The van der Waals surface area contributed by atoms with Crippen LogP contribution >= 0.6 is 0 Å². The number of fused-ring (bicyclic) bond motifs is 3. The van der Waals surface area contributed by atoms with E-state index >= 15 is 0 Å². The van der Waals surface area contributed by atoms with Crippen LogP contribution in [0.25, 0.3) is 16.7 Å². The van der Waals surface area contributed by atoms with Crippen molar-refractivity contribution in [2.24, 2.45) is 0 Å². The van der Waals surface area contributed by atoms with E-state index in [2.05, 4.69) is 20.0 Å². The number of halogens is 3. The summed E-state index contributed by atoms with van der Waals surface area (Å²) in [4.78, 5) is 24.2. The number of benzene rings is 1. The number of aromatic nitrogens is 5. The molecule has 0 spiro atoms. The summed E-state index contributed by atoms with van der Waals surface area (Å²) in [5.74, 6) is 0. The average Bonchev–Trinajstić information content (AvgIpc) is 3.26. The molecular weight excluding hydrogens is 449 g/mol. The molecule has 0 radical (unpaired) electrons. The third kappa shape index (κ3) is 4.28. The third-order valence-corrected chi connectivity index (χ3v) is 5.90. The Balaban J connectivity index is 1.53. The molecule has 5 rings (SSSR count). The Labute approximate surface area is 192 Å². The maximum absolute atomic E-state index is 13.1. The molecule has 0 N–H and O–H groups in total. The van der Waals surface area contributed by atoms with E-state index in [1.165, 1.54) is 27.5 Å². The number of morpholine rings is 1. The standard InChI is InChI=1S/C23H23F3N6O2/c1-14-9-30(10-15(2)34-14)11-17-7-19-20(27-8-17)31(22(33)32-21(19)28-13-29-32)12-16-3-5-18(6-4-16)23(24,25)26/h3-8,13-15H,9-12H2,1-2H3. The van der Waals surface area contributed by atoms with Gasteiger partial charge in [-0.25, -0.2) is 14.8 Å². The highest BCUT2D eigenvalue weighted by Gasteiger charge is 2.30. The van der Waals surface area contributed by atoms with Gasteiger partial charge in [0.25, 0.3) is 0 Å². The Morgan fingerprint density at radius 3 is 2.38 bits per heavy atom. The summed E-state index contributed by atoms with van der Waals surface area (Å²) < 4.78 is 47.1. The monoisotopic (exact) mass is 472 g/mol. The fourth-order valence-electron chi connectivity index (χ4n) is 4.53. The van der Waals surface area contributed by atoms with Crippen LogP contribution in [0.4, 0.5) is 13.2 Å². The second kappa shape index (κ2) is 8.48. The molecule has 0 saturated carbocycles. The number of rotatable bonds is 4. The lowest BCUT2D eigenvalue weighted by Crippen LogP contribution is -2.44. The van der Waals surface area contributed by atoms with Crippen LogP contribution in [0.2, 0.25) is 0 Å². The zero-order valence-corrected chi connectivity index (χ0v) is 18.7. The van der Waals surface area contributed by atoms with Crippen molar-refractivity contribution in [2.75, 3.05) is 13.1 Å². The van der Waals surface area contributed by atoms with Gasteiger partial charge in [0.1, 0.15) is 12.0 Å². The molecule has 178 valence electrons. The summed E-state index contributed by atoms with van der Waals surface area (Å²) in [7, 11) is 0. The summed E-state index contributed by atoms with van der Waals surface area (Å²) in [6, 6.07) is 6.68. The molecule has 11 heteroatoms. The summed E-state index contributed by atoms with van der Waals surface area (Å²) in [6.45, 7) is 6.40. The first-order valence-electron chi connectivity index (χ1n) is 10.9. The van der Waals surface area contributed by atoms with Crippen molar-refractivity contribution in [3.05, 3.63) is 70.0 Å². The van der Waals surface area contributed by atoms with Gasteiger partial charge in [-0.3, -0.25) is 9.47 Å². The van der Waals surface area contributed by atoms with Crippen LogP contribution in [0.5, 0.6) is 0 Å². The summed E-state index contributed by atoms with van der Waals surface area (Å²) in [5, 5.41) is 4.70. The number of alkyl halides is 3. The van der Waals surface area contributed by atoms with Crippen molar-refractivity contribution in [1.82, 2.24) is 29.0 Å². The molecule has 0 amide bonds. The quantitative estimate of drug-likeness (QED) is 0.454. The second-order valence-electron chi connectivity index (χ2n) is 8.72. The van der Waals surface area contributed by atoms with E-state index in [1.54, 1.807) is 6.20 Å². The van der Waals surface area contributed by atoms with Crippen LogP contribution in [0.15, 0.2) is 47.7 Å². The summed E-state index contributed by atoms with van der Waals surface area (Å²) in [5.41, 5.74) is 1.08. The van der Waals surface area contributed by atoms with Gasteiger partial charge in [-0.1, -0.05) is 12.1 Å². The molecule has 0 aliphatic carbocycles. The van der Waals surface area contributed by atoms with Gasteiger partial charge in [0.2, 0.25) is 0 Å². The Morgan fingerprint density at radius 1 is 1.00 bits per heavy atom. The Hall–Kier alpha value is -3.31. The van der Waals surface area contributed by atoms with Crippen molar-refractivity contribution in [3.8, 4) is 0 Å². The maximum atomic E-state index is 13.1. The van der Waals surface area contributed by atoms with Crippen molar-refractivity contribution < 1.29 is 17.9 Å². The van der Waals surface area contributed by atoms with Crippen LogP contribution in [-0.2, 0) is 24.0 Å². The Bertz CT molecular complexity index is 1390. The number of pyridine rings is 1. The van der Waals surface area contributed by atoms with Gasteiger partial charge in [-0.15, -0.1) is 0 Å². The lowest BCUT2D eigenvalue weighted by atomic mass is 10.1. The van der Waals surface area contributed by atoms with E-state index in [-0.39, 0.29) is 18.8 Å². The van der Waals surface area contributed by atoms with Crippen molar-refractivity contribution in [2.45, 2.75) is 45.3 Å². The van der Waals surface area contributed by atoms with Crippen molar-refractivity contribution >= 4 is 16.7 Å². The number of nitrogens with zero attached hydrogens (tertiary/aromatic N) is 6. The molecule has 8 nitrogen and oxygen atoms in total. The van der Waals surface area contributed by atoms with Crippen molar-refractivity contribution in [3.63, 3.8) is 0 Å². The highest BCUT2D eigenvalue weighted by molar-refractivity contribution is 5.89. The molecule has 3 aromatic heterocycles. The lowest BCUT2D eigenvalue weighted by molar-refractivity contribution is -0.137. The molecule has 4 aromatic rings. The summed E-state index contributed by atoms with van der Waals surface area (Å²) >= 11 is 0. The fourth-order valence-corrected chi connectivity index (χ4v) is 4.53. The molecule has 1 fully saturated rings. The van der Waals surface area contributed by atoms with Crippen LogP contribution in [0.1, 0.15) is 30.5 Å². The molecular formula is C23H23F3N6O2. The number of hydrogen-bond acceptors (Lipinski definition) is 6. The minimum atomic E-state index is -4.42. The molecule has 2 atom stereocenters. The van der Waals surface area contributed by atoms with Gasteiger partial charge in [-0.2, -0.15) is 22.8 Å². The van der Waals surface area contributed by atoms with Crippen molar-refractivity contribution in [1.29, 1.82) is 0 Å². The van der Waals surface area contributed by atoms with E-state index in [0.717, 1.165) is 30.8 Å². The summed E-state index contributed by atoms with van der Waals surface area (Å²) in [6.07, 6.45) is -1.13. The highest BCUT2D eigenvalue weighted by atomic mass is 19.4. The molecule has 1 saturated heterocycles. The fraction of sp³-hybridized carbons (Fsp3) is 0.391. The Kier molecular flexibility index (Phi) is 5.61. The van der Waals surface area contributed by atoms with Gasteiger partial charge < -0.3 is 4.74 Å². The van der Waals surface area contributed by atoms with Gasteiger partial charge in [-0.05, 0) is 43.2 Å². The van der Waals surface area contributed by atoms with Crippen LogP contribution in [-0.4, -0.2) is 54.3 Å². The molecule has 34 heavy (non-hydrogen) atoms. The topological polar surface area (TPSA) is 77.6 Å². The van der Waals surface area contributed by atoms with E-state index in [0.29, 0.717) is 28.8 Å². The first kappa shape index (κ1) is 22.5. The molecule has 1 aliphatic rings. The van der Waals surface area contributed by atoms with Gasteiger partial charge >= 0.3 is 11.9 Å². The van der Waals surface area contributed by atoms with E-state index < -0.39 is 17.4 Å². The van der Waals surface area contributed by atoms with E-state index in [9.17, 15) is 18.0 Å². The smallest absolute Gasteiger partial charge is 0.373 e. The Morgan fingerprint density at radius 2 is 1.71 bits per heavy atom. The highest BCUT2D eigenvalue weighted by Crippen LogP contribution is 2.29. The van der Waals surface area contributed by atoms with Crippen LogP contribution in [0, 0.1) is 0 Å². The normalized spacial score (nSPS) is 19.8. The van der Waals surface area contributed by atoms with Crippen LogP contribution in [0.3, 0.4) is 0 Å². The first-order valence-corrected chi connectivity index (χ1v) is 10.9. The minimum absolute atomic E-state index is 0.0497. The average molecular weight is 472 g/mol. The maximum Gasteiger partial charge on any atom is 0.416 e. The van der Waals surface area contributed by atoms with E-state index in [1.807, 2.05) is 19.9 Å². The number of ether oxygens (including phenoxy) is 1. The van der Waals surface area contributed by atoms with E-state index in [4.69, 9.17) is 4.74 Å². The zero-order valence-electron chi connectivity index (χ0n) is 18.7. The largest absolute Gasteiger partial charge is 0.416 e. The SMILES string of the molecule is CC1CN(Cc2cnc3c(c2)c2ncnn2c(=O)n3Cc2ccc(C(F)(F)F)cc2)CC(C)O1. The molecule has 1 aromatic carbocycles. The molecule has 2 unspecified atom stereocenters. The molecule has 4 heterocycles.